The topological polar surface area (TPSA) is 17.1 Å². The number of halogens is 2. The highest BCUT2D eigenvalue weighted by atomic mass is 35.5. The first kappa shape index (κ1) is 11.6. The van der Waals surface area contributed by atoms with Crippen LogP contribution in [0.1, 0.15) is 31.7 Å². The van der Waals surface area contributed by atoms with E-state index in [1.807, 2.05) is 0 Å². The third-order valence-electron chi connectivity index (χ3n) is 3.26. The van der Waals surface area contributed by atoms with E-state index in [-0.39, 0.29) is 11.2 Å². The Kier molecular flexibility index (Phi) is 3.02. The van der Waals surface area contributed by atoms with Crippen LogP contribution < -0.4 is 0 Å². The van der Waals surface area contributed by atoms with Crippen LogP contribution in [-0.4, -0.2) is 5.78 Å². The highest BCUT2D eigenvalue weighted by molar-refractivity contribution is 6.31. The van der Waals surface area contributed by atoms with Gasteiger partial charge in [0.1, 0.15) is 11.6 Å². The van der Waals surface area contributed by atoms with Gasteiger partial charge in [0.2, 0.25) is 0 Å². The molecule has 1 aliphatic rings. The summed E-state index contributed by atoms with van der Waals surface area (Å²) in [6.45, 7) is 2.07. The van der Waals surface area contributed by atoms with Gasteiger partial charge in [-0.2, -0.15) is 0 Å². The third-order valence-corrected chi connectivity index (χ3v) is 3.63. The summed E-state index contributed by atoms with van der Waals surface area (Å²) >= 11 is 6.02. The maximum atomic E-state index is 13.1. The minimum atomic E-state index is -0.271. The van der Waals surface area contributed by atoms with Crippen molar-refractivity contribution in [1.29, 1.82) is 0 Å². The van der Waals surface area contributed by atoms with Crippen molar-refractivity contribution in [3.05, 3.63) is 34.6 Å². The number of rotatable bonds is 2. The molecule has 0 aromatic heterocycles. The summed E-state index contributed by atoms with van der Waals surface area (Å²) in [6, 6.07) is 4.40. The SMILES string of the molecule is CC1(Cc2cc(F)ccc2Cl)CCC(=O)C1. The zero-order valence-corrected chi connectivity index (χ0v) is 9.98. The molecule has 0 heterocycles. The molecule has 1 aromatic rings. The van der Waals surface area contributed by atoms with Crippen molar-refractivity contribution in [3.8, 4) is 0 Å². The van der Waals surface area contributed by atoms with Gasteiger partial charge in [0.05, 0.1) is 0 Å². The lowest BCUT2D eigenvalue weighted by Crippen LogP contribution is -2.16. The number of hydrogen-bond acceptors (Lipinski definition) is 1. The van der Waals surface area contributed by atoms with E-state index < -0.39 is 0 Å². The molecule has 1 fully saturated rings. The van der Waals surface area contributed by atoms with Crippen molar-refractivity contribution in [3.63, 3.8) is 0 Å². The number of carbonyl (C=O) groups is 1. The first-order chi connectivity index (χ1) is 7.48. The Morgan fingerprint density at radius 3 is 2.88 bits per heavy atom. The summed E-state index contributed by atoms with van der Waals surface area (Å²) in [4.78, 5) is 11.3. The van der Waals surface area contributed by atoms with Gasteiger partial charge in [0, 0.05) is 17.9 Å². The average Bonchev–Trinajstić information content (AvgIpc) is 2.52. The van der Waals surface area contributed by atoms with Crippen LogP contribution in [0.25, 0.3) is 0 Å². The molecule has 1 nitrogen and oxygen atoms in total. The largest absolute Gasteiger partial charge is 0.300 e. The van der Waals surface area contributed by atoms with Crippen LogP contribution in [0.15, 0.2) is 18.2 Å². The Hall–Kier alpha value is -0.890. The number of hydrogen-bond donors (Lipinski definition) is 0. The average molecular weight is 241 g/mol. The minimum Gasteiger partial charge on any atom is -0.300 e. The minimum absolute atomic E-state index is 0.0471. The molecule has 1 aromatic carbocycles. The van der Waals surface area contributed by atoms with E-state index in [2.05, 4.69) is 6.92 Å². The standard InChI is InChI=1S/C13H14ClFO/c1-13(5-4-11(16)8-13)7-9-6-10(15)2-3-12(9)14/h2-3,6H,4-5,7-8H2,1H3. The van der Waals surface area contributed by atoms with Crippen molar-refractivity contribution in [2.24, 2.45) is 5.41 Å². The molecule has 1 atom stereocenters. The molecule has 1 unspecified atom stereocenters. The van der Waals surface area contributed by atoms with Gasteiger partial charge in [0.15, 0.2) is 0 Å². The molecule has 0 saturated heterocycles. The molecule has 3 heteroatoms. The van der Waals surface area contributed by atoms with E-state index in [0.717, 1.165) is 12.0 Å². The Labute approximate surface area is 99.6 Å². The third kappa shape index (κ3) is 2.43. The lowest BCUT2D eigenvalue weighted by Gasteiger charge is -2.23. The van der Waals surface area contributed by atoms with Crippen molar-refractivity contribution >= 4 is 17.4 Å². The highest BCUT2D eigenvalue weighted by Crippen LogP contribution is 2.39. The van der Waals surface area contributed by atoms with Crippen molar-refractivity contribution in [2.45, 2.75) is 32.6 Å². The van der Waals surface area contributed by atoms with Crippen molar-refractivity contribution in [1.82, 2.24) is 0 Å². The zero-order chi connectivity index (χ0) is 11.8. The van der Waals surface area contributed by atoms with Gasteiger partial charge in [-0.25, -0.2) is 4.39 Å². The van der Waals surface area contributed by atoms with Crippen LogP contribution in [0.5, 0.6) is 0 Å². The van der Waals surface area contributed by atoms with Crippen LogP contribution in [0.4, 0.5) is 4.39 Å². The Morgan fingerprint density at radius 2 is 2.25 bits per heavy atom. The molecular formula is C13H14ClFO. The summed E-state index contributed by atoms with van der Waals surface area (Å²) < 4.78 is 13.1. The second-order valence-electron chi connectivity index (χ2n) is 4.94. The molecule has 86 valence electrons. The molecule has 2 rings (SSSR count). The summed E-state index contributed by atoms with van der Waals surface area (Å²) in [5.74, 6) is 0.0300. The molecular weight excluding hydrogens is 227 g/mol. The Bertz CT molecular complexity index is 430. The van der Waals surface area contributed by atoms with E-state index in [1.165, 1.54) is 12.1 Å². The zero-order valence-electron chi connectivity index (χ0n) is 9.22. The number of Topliss-reactive ketones (excluding diaryl/α,β-unsaturated/α-hetero) is 1. The van der Waals surface area contributed by atoms with E-state index in [0.29, 0.717) is 30.1 Å². The van der Waals surface area contributed by atoms with Crippen LogP contribution >= 0.6 is 11.6 Å². The summed E-state index contributed by atoms with van der Waals surface area (Å²) in [7, 11) is 0. The summed E-state index contributed by atoms with van der Waals surface area (Å²) in [5.41, 5.74) is 0.757. The predicted octanol–water partition coefficient (Wildman–Crippen LogP) is 3.78. The molecule has 0 N–H and O–H groups in total. The molecule has 0 spiro atoms. The molecule has 0 bridgehead atoms. The Balaban J connectivity index is 2.20. The number of ketones is 1. The van der Waals surface area contributed by atoms with E-state index >= 15 is 0 Å². The van der Waals surface area contributed by atoms with Crippen LogP contribution in [0.3, 0.4) is 0 Å². The van der Waals surface area contributed by atoms with Gasteiger partial charge >= 0.3 is 0 Å². The monoisotopic (exact) mass is 240 g/mol. The summed E-state index contributed by atoms with van der Waals surface area (Å²) in [6.07, 6.45) is 2.78. The van der Waals surface area contributed by atoms with Gasteiger partial charge in [-0.15, -0.1) is 0 Å². The lowest BCUT2D eigenvalue weighted by molar-refractivity contribution is -0.117. The van der Waals surface area contributed by atoms with Gasteiger partial charge in [-0.05, 0) is 42.0 Å². The summed E-state index contributed by atoms with van der Waals surface area (Å²) in [5, 5.41) is 0.585. The fourth-order valence-electron chi connectivity index (χ4n) is 2.38. The first-order valence-electron chi connectivity index (χ1n) is 5.44. The molecule has 0 aliphatic heterocycles. The van der Waals surface area contributed by atoms with Gasteiger partial charge in [0.25, 0.3) is 0 Å². The fourth-order valence-corrected chi connectivity index (χ4v) is 2.57. The second kappa shape index (κ2) is 4.17. The van der Waals surface area contributed by atoms with Crippen molar-refractivity contribution < 1.29 is 9.18 Å². The predicted molar refractivity (Wildman–Crippen MR) is 62.1 cm³/mol. The maximum Gasteiger partial charge on any atom is 0.133 e. The molecule has 0 amide bonds. The normalized spacial score (nSPS) is 25.1. The lowest BCUT2D eigenvalue weighted by atomic mass is 9.82. The van der Waals surface area contributed by atoms with Crippen LogP contribution in [0.2, 0.25) is 5.02 Å². The van der Waals surface area contributed by atoms with Crippen LogP contribution in [-0.2, 0) is 11.2 Å². The number of carbonyl (C=O) groups excluding carboxylic acids is 1. The smallest absolute Gasteiger partial charge is 0.133 e. The molecule has 0 radical (unpaired) electrons. The van der Waals surface area contributed by atoms with Gasteiger partial charge in [-0.1, -0.05) is 18.5 Å². The quantitative estimate of drug-likeness (QED) is 0.769. The first-order valence-corrected chi connectivity index (χ1v) is 5.82. The fraction of sp³-hybridized carbons (Fsp3) is 0.462. The number of benzene rings is 1. The maximum absolute atomic E-state index is 13.1. The van der Waals surface area contributed by atoms with Crippen LogP contribution in [0, 0.1) is 11.2 Å². The second-order valence-corrected chi connectivity index (χ2v) is 5.35. The molecule has 16 heavy (non-hydrogen) atoms. The Morgan fingerprint density at radius 1 is 1.50 bits per heavy atom. The van der Waals surface area contributed by atoms with Gasteiger partial charge in [-0.3, -0.25) is 4.79 Å². The molecule has 1 aliphatic carbocycles. The van der Waals surface area contributed by atoms with Gasteiger partial charge < -0.3 is 0 Å². The van der Waals surface area contributed by atoms with Crippen molar-refractivity contribution in [2.75, 3.05) is 0 Å². The molecule has 1 saturated carbocycles. The highest BCUT2D eigenvalue weighted by Gasteiger charge is 2.34. The van der Waals surface area contributed by atoms with E-state index in [9.17, 15) is 9.18 Å². The van der Waals surface area contributed by atoms with E-state index in [1.54, 1.807) is 6.07 Å². The van der Waals surface area contributed by atoms with E-state index in [4.69, 9.17) is 11.6 Å².